The van der Waals surface area contributed by atoms with Crippen LogP contribution in [0, 0.1) is 11.6 Å². The molecule has 7 nitrogen and oxygen atoms in total. The van der Waals surface area contributed by atoms with Gasteiger partial charge in [0.25, 0.3) is 0 Å². The molecule has 1 fully saturated rings. The van der Waals surface area contributed by atoms with Gasteiger partial charge in [-0.2, -0.15) is 13.2 Å². The van der Waals surface area contributed by atoms with Gasteiger partial charge in [-0.25, -0.2) is 23.7 Å². The fourth-order valence-corrected chi connectivity index (χ4v) is 4.79. The lowest BCUT2D eigenvalue weighted by molar-refractivity contribution is -0.137. The number of likely N-dealkylation sites (tertiary alicyclic amines) is 1. The molecule has 0 saturated carbocycles. The third-order valence-electron chi connectivity index (χ3n) is 5.66. The van der Waals surface area contributed by atoms with Crippen LogP contribution in [0.3, 0.4) is 0 Å². The Morgan fingerprint density at radius 2 is 1.97 bits per heavy atom. The molecular weight excluding hydrogens is 491 g/mol. The smallest absolute Gasteiger partial charge is 0.375 e. The van der Waals surface area contributed by atoms with Crippen molar-refractivity contribution in [3.63, 3.8) is 0 Å². The van der Waals surface area contributed by atoms with Crippen molar-refractivity contribution in [2.24, 2.45) is 0 Å². The van der Waals surface area contributed by atoms with Crippen LogP contribution in [0.5, 0.6) is 0 Å². The molecule has 1 aliphatic heterocycles. The van der Waals surface area contributed by atoms with Crippen molar-refractivity contribution in [1.29, 1.82) is 0 Å². The molecule has 0 aliphatic carbocycles. The summed E-state index contributed by atoms with van der Waals surface area (Å²) in [4.78, 5) is 24.9. The largest absolute Gasteiger partial charge is 0.417 e. The van der Waals surface area contributed by atoms with E-state index in [-0.39, 0.29) is 62.7 Å². The standard InChI is InChI=1S/C22H15F5N6OS/c1-2-14(34)33-6-9(7-33)31-20-11-5-12(22(25,26)27)15(16(24)17(11)29-8-30-20)10-3-4-13(23)19-18(10)32-21(28)35-19/h2-5,8-9H,1,6-7H2,(H2,28,32)(H,29,30,31). The van der Waals surface area contributed by atoms with Gasteiger partial charge in [-0.15, -0.1) is 0 Å². The Morgan fingerprint density at radius 1 is 1.23 bits per heavy atom. The Balaban J connectivity index is 1.67. The van der Waals surface area contributed by atoms with E-state index in [9.17, 15) is 22.4 Å². The Hall–Kier alpha value is -3.87. The van der Waals surface area contributed by atoms with E-state index in [1.54, 1.807) is 0 Å². The van der Waals surface area contributed by atoms with Crippen LogP contribution < -0.4 is 11.1 Å². The van der Waals surface area contributed by atoms with Crippen molar-refractivity contribution < 1.29 is 26.7 Å². The Labute approximate surface area is 198 Å². The molecule has 180 valence electrons. The first-order valence-electron chi connectivity index (χ1n) is 10.2. The highest BCUT2D eigenvalue weighted by atomic mass is 32.1. The molecule has 1 aliphatic rings. The molecule has 3 N–H and O–H groups in total. The molecule has 1 amide bonds. The van der Waals surface area contributed by atoms with Crippen molar-refractivity contribution >= 4 is 49.3 Å². The number of rotatable bonds is 4. The number of hydrogen-bond donors (Lipinski definition) is 2. The van der Waals surface area contributed by atoms with Gasteiger partial charge >= 0.3 is 6.18 Å². The van der Waals surface area contributed by atoms with Crippen molar-refractivity contribution in [3.05, 3.63) is 54.4 Å². The second-order valence-electron chi connectivity index (χ2n) is 7.84. The molecule has 4 aromatic rings. The number of benzene rings is 2. The third-order valence-corrected chi connectivity index (χ3v) is 6.56. The van der Waals surface area contributed by atoms with E-state index in [0.29, 0.717) is 0 Å². The molecule has 2 aromatic heterocycles. The number of amides is 1. The SMILES string of the molecule is C=CC(=O)N1CC(Nc2ncnc3c(F)c(-c4ccc(F)c5sc(N)nc45)c(C(F)(F)F)cc23)C1. The van der Waals surface area contributed by atoms with Crippen LogP contribution in [0.4, 0.5) is 32.9 Å². The van der Waals surface area contributed by atoms with E-state index >= 15 is 4.39 Å². The summed E-state index contributed by atoms with van der Waals surface area (Å²) >= 11 is 0.751. The second-order valence-corrected chi connectivity index (χ2v) is 8.87. The van der Waals surface area contributed by atoms with Gasteiger partial charge in [0.05, 0.1) is 21.8 Å². The molecule has 1 saturated heterocycles. The number of alkyl halides is 3. The molecule has 2 aromatic carbocycles. The van der Waals surface area contributed by atoms with Crippen molar-refractivity contribution in [2.75, 3.05) is 24.1 Å². The number of fused-ring (bicyclic) bond motifs is 2. The number of carbonyl (C=O) groups excluding carboxylic acids is 1. The van der Waals surface area contributed by atoms with E-state index in [1.165, 1.54) is 4.90 Å². The lowest BCUT2D eigenvalue weighted by Gasteiger charge is -2.39. The normalized spacial score (nSPS) is 14.4. The summed E-state index contributed by atoms with van der Waals surface area (Å²) < 4.78 is 72.5. The summed E-state index contributed by atoms with van der Waals surface area (Å²) in [5, 5.41) is 2.69. The number of nitrogens with two attached hydrogens (primary N) is 1. The first kappa shape index (κ1) is 22.9. The fourth-order valence-electron chi connectivity index (χ4n) is 4.03. The van der Waals surface area contributed by atoms with Gasteiger partial charge in [-0.3, -0.25) is 4.79 Å². The Kier molecular flexibility index (Phi) is 5.31. The van der Waals surface area contributed by atoms with Gasteiger partial charge in [-0.1, -0.05) is 17.9 Å². The zero-order valence-corrected chi connectivity index (χ0v) is 18.5. The fraction of sp³-hybridized carbons (Fsp3) is 0.182. The maximum Gasteiger partial charge on any atom is 0.417 e. The maximum atomic E-state index is 15.8. The molecular formula is C22H15F5N6OS. The zero-order valence-electron chi connectivity index (χ0n) is 17.7. The minimum atomic E-state index is -4.97. The number of anilines is 2. The van der Waals surface area contributed by atoms with Gasteiger partial charge in [0.15, 0.2) is 10.9 Å². The van der Waals surface area contributed by atoms with Gasteiger partial charge < -0.3 is 16.0 Å². The predicted molar refractivity (Wildman–Crippen MR) is 122 cm³/mol. The number of nitrogens with one attached hydrogen (secondary N) is 1. The Bertz CT molecular complexity index is 1510. The molecule has 0 bridgehead atoms. The monoisotopic (exact) mass is 506 g/mol. The van der Waals surface area contributed by atoms with Crippen LogP contribution >= 0.6 is 11.3 Å². The van der Waals surface area contributed by atoms with E-state index in [0.717, 1.165) is 41.9 Å². The molecule has 0 atom stereocenters. The van der Waals surface area contributed by atoms with Gasteiger partial charge in [0, 0.05) is 29.6 Å². The summed E-state index contributed by atoms with van der Waals surface area (Å²) in [6, 6.07) is 2.44. The van der Waals surface area contributed by atoms with Crippen LogP contribution in [0.2, 0.25) is 0 Å². The average Bonchev–Trinajstić information content (AvgIpc) is 3.18. The van der Waals surface area contributed by atoms with Gasteiger partial charge in [0.1, 0.15) is 23.5 Å². The molecule has 0 radical (unpaired) electrons. The topological polar surface area (TPSA) is 97.0 Å². The van der Waals surface area contributed by atoms with E-state index in [4.69, 9.17) is 5.73 Å². The first-order valence-corrected chi connectivity index (χ1v) is 11.0. The van der Waals surface area contributed by atoms with Crippen molar-refractivity contribution in [3.8, 4) is 11.1 Å². The summed E-state index contributed by atoms with van der Waals surface area (Å²) in [6.07, 6.45) is -2.79. The van der Waals surface area contributed by atoms with Crippen LogP contribution in [-0.4, -0.2) is 44.9 Å². The first-order chi connectivity index (χ1) is 16.6. The highest BCUT2D eigenvalue weighted by Crippen LogP contribution is 2.45. The van der Waals surface area contributed by atoms with Gasteiger partial charge in [0.2, 0.25) is 5.91 Å². The summed E-state index contributed by atoms with van der Waals surface area (Å²) in [5.41, 5.74) is 2.75. The number of carbonyl (C=O) groups is 1. The number of hydrogen-bond acceptors (Lipinski definition) is 7. The lowest BCUT2D eigenvalue weighted by Crippen LogP contribution is -2.56. The van der Waals surface area contributed by atoms with Crippen molar-refractivity contribution in [2.45, 2.75) is 12.2 Å². The van der Waals surface area contributed by atoms with Crippen LogP contribution in [0.25, 0.3) is 32.2 Å². The number of thiazole rings is 1. The molecule has 5 rings (SSSR count). The van der Waals surface area contributed by atoms with Crippen LogP contribution in [0.15, 0.2) is 37.2 Å². The number of halogens is 5. The molecule has 3 heterocycles. The average molecular weight is 506 g/mol. The quantitative estimate of drug-likeness (QED) is 0.310. The van der Waals surface area contributed by atoms with Crippen LogP contribution in [-0.2, 0) is 11.0 Å². The summed E-state index contributed by atoms with van der Waals surface area (Å²) in [7, 11) is 0. The molecule has 13 heteroatoms. The highest BCUT2D eigenvalue weighted by Gasteiger charge is 2.38. The number of aromatic nitrogens is 3. The minimum absolute atomic E-state index is 0.0104. The van der Waals surface area contributed by atoms with E-state index < -0.39 is 28.9 Å². The molecule has 35 heavy (non-hydrogen) atoms. The zero-order chi connectivity index (χ0) is 25.1. The second kappa shape index (κ2) is 8.12. The number of nitrogen functional groups attached to an aromatic ring is 1. The van der Waals surface area contributed by atoms with Crippen molar-refractivity contribution in [1.82, 2.24) is 19.9 Å². The number of nitrogens with zero attached hydrogens (tertiary/aromatic N) is 4. The lowest BCUT2D eigenvalue weighted by atomic mass is 9.95. The minimum Gasteiger partial charge on any atom is -0.375 e. The third kappa shape index (κ3) is 3.81. The van der Waals surface area contributed by atoms with E-state index in [1.807, 2.05) is 0 Å². The molecule has 0 spiro atoms. The summed E-state index contributed by atoms with van der Waals surface area (Å²) in [6.45, 7) is 3.96. The summed E-state index contributed by atoms with van der Waals surface area (Å²) in [5.74, 6) is -2.27. The van der Waals surface area contributed by atoms with Crippen LogP contribution in [0.1, 0.15) is 5.56 Å². The van der Waals surface area contributed by atoms with E-state index in [2.05, 4.69) is 26.8 Å². The highest BCUT2D eigenvalue weighted by molar-refractivity contribution is 7.22. The molecule has 0 unspecified atom stereocenters. The van der Waals surface area contributed by atoms with Gasteiger partial charge in [-0.05, 0) is 24.3 Å². The maximum absolute atomic E-state index is 15.8. The predicted octanol–water partition coefficient (Wildman–Crippen LogP) is 4.59. The Morgan fingerprint density at radius 3 is 2.66 bits per heavy atom.